The Hall–Kier alpha value is -3.72. The summed E-state index contributed by atoms with van der Waals surface area (Å²) in [6, 6.07) is 10.6. The number of hydrogen-bond acceptors (Lipinski definition) is 6. The van der Waals surface area contributed by atoms with Crippen molar-refractivity contribution in [2.45, 2.75) is 9.92 Å². The molecule has 29 heavy (non-hydrogen) atoms. The highest BCUT2D eigenvalue weighted by Gasteiger charge is 2.24. The molecule has 9 heteroatoms. The van der Waals surface area contributed by atoms with Gasteiger partial charge in [0.1, 0.15) is 23.9 Å². The molecule has 0 amide bonds. The summed E-state index contributed by atoms with van der Waals surface area (Å²) >= 11 is 0. The van der Waals surface area contributed by atoms with Crippen molar-refractivity contribution in [2.24, 2.45) is 0 Å². The molecule has 0 aliphatic carbocycles. The Morgan fingerprint density at radius 3 is 2.48 bits per heavy atom. The van der Waals surface area contributed by atoms with E-state index in [1.807, 2.05) is 0 Å². The zero-order valence-corrected chi connectivity index (χ0v) is 15.8. The Morgan fingerprint density at radius 1 is 0.966 bits per heavy atom. The number of anilines is 1. The third-order valence-corrected chi connectivity index (χ3v) is 5.94. The molecule has 1 aromatic carbocycles. The van der Waals surface area contributed by atoms with E-state index in [1.54, 1.807) is 18.2 Å². The average Bonchev–Trinajstić information content (AvgIpc) is 2.75. The number of nitrogens with one attached hydrogen (secondary N) is 1. The smallest absolute Gasteiger partial charge is 0.286 e. The number of H-pyrrole nitrogens is 1. The monoisotopic (exact) mass is 408 g/mol. The Balaban J connectivity index is 1.81. The van der Waals surface area contributed by atoms with Gasteiger partial charge in [-0.05, 0) is 42.0 Å². The molecule has 0 bridgehead atoms. The van der Waals surface area contributed by atoms with Gasteiger partial charge in [0.25, 0.3) is 5.82 Å². The summed E-state index contributed by atoms with van der Waals surface area (Å²) in [6.45, 7) is 0. The van der Waals surface area contributed by atoms with Crippen molar-refractivity contribution >= 4 is 15.7 Å². The number of pyridine rings is 2. The minimum absolute atomic E-state index is 0.0126. The maximum Gasteiger partial charge on any atom is 0.288 e. The SMILES string of the molecule is Nc1cnc(-c2ccc(-c3cccnc3S(=O)(=O)c3cccnc3)cc2F)c[nH+]1. The molecule has 144 valence electrons. The van der Waals surface area contributed by atoms with Crippen LogP contribution in [0.5, 0.6) is 0 Å². The summed E-state index contributed by atoms with van der Waals surface area (Å²) in [7, 11) is -3.92. The van der Waals surface area contributed by atoms with Crippen molar-refractivity contribution in [3.05, 3.63) is 79.3 Å². The predicted octanol–water partition coefficient (Wildman–Crippen LogP) is 2.57. The second kappa shape index (κ2) is 7.36. The fourth-order valence-electron chi connectivity index (χ4n) is 2.85. The summed E-state index contributed by atoms with van der Waals surface area (Å²) < 4.78 is 40.8. The third-order valence-electron chi connectivity index (χ3n) is 4.24. The standard InChI is InChI=1S/C20H14FN5O2S/c21-17-9-13(5-6-16(17)18-11-26-19(22)12-25-18)15-4-2-8-24-20(15)29(27,28)14-3-1-7-23-10-14/h1-12H,(H2,22,26)/p+1. The second-order valence-electron chi connectivity index (χ2n) is 6.13. The first-order valence-electron chi connectivity index (χ1n) is 8.50. The van der Waals surface area contributed by atoms with Gasteiger partial charge in [-0.3, -0.25) is 10.7 Å². The zero-order valence-electron chi connectivity index (χ0n) is 14.9. The number of nitrogens with zero attached hydrogens (tertiary/aromatic N) is 3. The van der Waals surface area contributed by atoms with Crippen LogP contribution in [0.2, 0.25) is 0 Å². The molecule has 3 heterocycles. The largest absolute Gasteiger partial charge is 0.288 e. The van der Waals surface area contributed by atoms with Crippen molar-refractivity contribution < 1.29 is 17.8 Å². The first kappa shape index (κ1) is 18.6. The lowest BCUT2D eigenvalue weighted by atomic mass is 10.0. The minimum Gasteiger partial charge on any atom is -0.286 e. The fraction of sp³-hybridized carbons (Fsp3) is 0. The quantitative estimate of drug-likeness (QED) is 0.555. The molecule has 0 atom stereocenters. The van der Waals surface area contributed by atoms with Gasteiger partial charge in [0.05, 0.1) is 4.90 Å². The predicted molar refractivity (Wildman–Crippen MR) is 104 cm³/mol. The van der Waals surface area contributed by atoms with E-state index in [2.05, 4.69) is 19.9 Å². The van der Waals surface area contributed by atoms with Gasteiger partial charge in [-0.1, -0.05) is 6.07 Å². The van der Waals surface area contributed by atoms with Gasteiger partial charge in [-0.25, -0.2) is 27.8 Å². The topological polar surface area (TPSA) is 113 Å². The van der Waals surface area contributed by atoms with Crippen LogP contribution in [0.15, 0.2) is 83.4 Å². The molecule has 0 saturated carbocycles. The van der Waals surface area contributed by atoms with Crippen molar-refractivity contribution in [3.63, 3.8) is 0 Å². The zero-order chi connectivity index (χ0) is 20.4. The normalized spacial score (nSPS) is 11.3. The number of nitrogen functional groups attached to an aromatic ring is 1. The van der Waals surface area contributed by atoms with Crippen molar-refractivity contribution in [2.75, 3.05) is 5.73 Å². The first-order chi connectivity index (χ1) is 14.0. The van der Waals surface area contributed by atoms with Gasteiger partial charge < -0.3 is 0 Å². The summed E-state index contributed by atoms with van der Waals surface area (Å²) in [5.41, 5.74) is 6.86. The molecule has 0 fully saturated rings. The van der Waals surface area contributed by atoms with Crippen LogP contribution >= 0.6 is 0 Å². The lowest BCUT2D eigenvalue weighted by molar-refractivity contribution is -0.360. The molecule has 3 N–H and O–H groups in total. The van der Waals surface area contributed by atoms with Gasteiger partial charge >= 0.3 is 0 Å². The molecule has 0 aliphatic heterocycles. The second-order valence-corrected chi connectivity index (χ2v) is 8.00. The minimum atomic E-state index is -3.92. The molecule has 0 spiro atoms. The number of aromatic nitrogens is 4. The van der Waals surface area contributed by atoms with Crippen molar-refractivity contribution in [1.29, 1.82) is 0 Å². The van der Waals surface area contributed by atoms with Gasteiger partial charge in [0.15, 0.2) is 5.03 Å². The van der Waals surface area contributed by atoms with Crippen LogP contribution in [0, 0.1) is 5.82 Å². The average molecular weight is 408 g/mol. The number of benzene rings is 1. The van der Waals surface area contributed by atoms with Crippen molar-refractivity contribution in [1.82, 2.24) is 15.0 Å². The van der Waals surface area contributed by atoms with Crippen LogP contribution in [0.1, 0.15) is 0 Å². The molecule has 0 radical (unpaired) electrons. The van der Waals surface area contributed by atoms with Crippen LogP contribution in [-0.2, 0) is 9.84 Å². The fourth-order valence-corrected chi connectivity index (χ4v) is 4.20. The highest BCUT2D eigenvalue weighted by molar-refractivity contribution is 7.91. The van der Waals surface area contributed by atoms with E-state index >= 15 is 0 Å². The molecular formula is C20H15FN5O2S+. The summed E-state index contributed by atoms with van der Waals surface area (Å²) in [5, 5.41) is -0.168. The van der Waals surface area contributed by atoms with Gasteiger partial charge in [0.2, 0.25) is 9.84 Å². The van der Waals surface area contributed by atoms with Crippen LogP contribution in [0.25, 0.3) is 22.4 Å². The number of rotatable bonds is 4. The highest BCUT2D eigenvalue weighted by atomic mass is 32.2. The molecule has 4 aromatic rings. The van der Waals surface area contributed by atoms with E-state index in [-0.39, 0.29) is 15.5 Å². The number of sulfone groups is 1. The Morgan fingerprint density at radius 2 is 1.79 bits per heavy atom. The van der Waals surface area contributed by atoms with Crippen LogP contribution in [-0.4, -0.2) is 23.4 Å². The summed E-state index contributed by atoms with van der Waals surface area (Å²) in [5.74, 6) is -0.201. The molecule has 7 nitrogen and oxygen atoms in total. The molecular weight excluding hydrogens is 393 g/mol. The van der Waals surface area contributed by atoms with Crippen LogP contribution in [0.4, 0.5) is 10.2 Å². The van der Waals surface area contributed by atoms with E-state index in [4.69, 9.17) is 5.73 Å². The highest BCUT2D eigenvalue weighted by Crippen LogP contribution is 2.32. The molecule has 0 unspecified atom stereocenters. The summed E-state index contributed by atoms with van der Waals surface area (Å²) in [6.07, 6.45) is 7.00. The van der Waals surface area contributed by atoms with E-state index in [1.165, 1.54) is 55.2 Å². The van der Waals surface area contributed by atoms with E-state index in [0.29, 0.717) is 22.6 Å². The number of nitrogens with two attached hydrogens (primary N) is 1. The Kier molecular flexibility index (Phi) is 4.73. The van der Waals surface area contributed by atoms with Gasteiger partial charge in [0, 0.05) is 29.7 Å². The van der Waals surface area contributed by atoms with Crippen LogP contribution in [0.3, 0.4) is 0 Å². The first-order valence-corrected chi connectivity index (χ1v) is 9.99. The number of aromatic amines is 1. The lowest BCUT2D eigenvalue weighted by Gasteiger charge is -2.11. The maximum absolute atomic E-state index is 14.8. The molecule has 0 aliphatic rings. The molecule has 3 aromatic heterocycles. The number of hydrogen-bond donors (Lipinski definition) is 1. The third kappa shape index (κ3) is 3.55. The van der Waals surface area contributed by atoms with E-state index in [9.17, 15) is 12.8 Å². The van der Waals surface area contributed by atoms with Crippen molar-refractivity contribution in [3.8, 4) is 22.4 Å². The lowest BCUT2D eigenvalue weighted by Crippen LogP contribution is -2.10. The Bertz CT molecular complexity index is 1280. The molecule has 4 rings (SSSR count). The van der Waals surface area contributed by atoms with E-state index in [0.717, 1.165) is 0 Å². The van der Waals surface area contributed by atoms with Gasteiger partial charge in [-0.15, -0.1) is 0 Å². The van der Waals surface area contributed by atoms with Crippen LogP contribution < -0.4 is 10.7 Å². The van der Waals surface area contributed by atoms with Gasteiger partial charge in [-0.2, -0.15) is 0 Å². The summed E-state index contributed by atoms with van der Waals surface area (Å²) in [4.78, 5) is 14.8. The number of halogens is 1. The maximum atomic E-state index is 14.8. The molecule has 0 saturated heterocycles. The van der Waals surface area contributed by atoms with E-state index < -0.39 is 15.7 Å². The Labute approximate surface area is 166 Å².